The molecule has 1 saturated carbocycles. The SMILES string of the molecule is Cc1ccccc1-c1cc2cc(NC(=O)[C@@H]3C[C@]34CCNC(=O)C4)ncc2c(N)n1. The fraction of sp³-hybridized carbons (Fsp3) is 0.304. The van der Waals surface area contributed by atoms with Gasteiger partial charge in [0.1, 0.15) is 11.6 Å². The van der Waals surface area contributed by atoms with Crippen LogP contribution in [0.3, 0.4) is 0 Å². The number of nitrogens with two attached hydrogens (primary N) is 1. The first-order valence-corrected chi connectivity index (χ1v) is 10.2. The van der Waals surface area contributed by atoms with Crippen molar-refractivity contribution in [2.75, 3.05) is 17.6 Å². The number of anilines is 2. The summed E-state index contributed by atoms with van der Waals surface area (Å²) in [4.78, 5) is 33.4. The van der Waals surface area contributed by atoms with E-state index >= 15 is 0 Å². The molecule has 2 aliphatic rings. The van der Waals surface area contributed by atoms with Gasteiger partial charge in [0.2, 0.25) is 11.8 Å². The zero-order valence-corrected chi connectivity index (χ0v) is 16.7. The number of nitrogens with one attached hydrogen (secondary N) is 2. The lowest BCUT2D eigenvalue weighted by atomic mass is 9.91. The molecule has 7 heteroatoms. The summed E-state index contributed by atoms with van der Waals surface area (Å²) < 4.78 is 0. The van der Waals surface area contributed by atoms with Crippen molar-refractivity contribution in [3.05, 3.63) is 48.2 Å². The van der Waals surface area contributed by atoms with Crippen molar-refractivity contribution in [3.8, 4) is 11.3 Å². The van der Waals surface area contributed by atoms with E-state index in [9.17, 15) is 9.59 Å². The third-order valence-electron chi connectivity index (χ3n) is 6.38. The second kappa shape index (κ2) is 6.79. The number of carbonyl (C=O) groups is 2. The molecule has 0 radical (unpaired) electrons. The van der Waals surface area contributed by atoms with Crippen molar-refractivity contribution in [2.24, 2.45) is 11.3 Å². The zero-order chi connectivity index (χ0) is 20.9. The highest BCUT2D eigenvalue weighted by Crippen LogP contribution is 2.59. The van der Waals surface area contributed by atoms with Crippen LogP contribution in [0, 0.1) is 18.3 Å². The maximum atomic E-state index is 12.8. The van der Waals surface area contributed by atoms with Crippen LogP contribution in [0.15, 0.2) is 42.6 Å². The summed E-state index contributed by atoms with van der Waals surface area (Å²) in [6, 6.07) is 11.8. The van der Waals surface area contributed by atoms with Crippen molar-refractivity contribution in [3.63, 3.8) is 0 Å². The lowest BCUT2D eigenvalue weighted by Crippen LogP contribution is -2.36. The molecule has 1 aromatic carbocycles. The van der Waals surface area contributed by atoms with Crippen LogP contribution in [0.1, 0.15) is 24.8 Å². The van der Waals surface area contributed by atoms with Gasteiger partial charge < -0.3 is 16.4 Å². The first-order valence-electron chi connectivity index (χ1n) is 10.2. The van der Waals surface area contributed by atoms with E-state index in [0.29, 0.717) is 24.6 Å². The number of piperidine rings is 1. The standard InChI is InChI=1S/C23H23N5O2/c1-13-4-2-3-5-15(13)18-8-14-9-19(26-12-16(14)21(24)27-18)28-22(30)17-10-23(17)6-7-25-20(29)11-23/h2-5,8-9,12,17H,6-7,10-11H2,1H3,(H2,24,27)(H,25,29)(H,26,28,30)/t17-,23-/m0/s1. The van der Waals surface area contributed by atoms with Gasteiger partial charge in [0.15, 0.2) is 0 Å². The molecule has 4 N–H and O–H groups in total. The van der Waals surface area contributed by atoms with Crippen LogP contribution in [0.4, 0.5) is 11.6 Å². The molecule has 2 aromatic heterocycles. The van der Waals surface area contributed by atoms with Crippen molar-refractivity contribution in [1.82, 2.24) is 15.3 Å². The quantitative estimate of drug-likeness (QED) is 0.625. The minimum Gasteiger partial charge on any atom is -0.383 e. The first kappa shape index (κ1) is 18.5. The van der Waals surface area contributed by atoms with Gasteiger partial charge in [0.25, 0.3) is 0 Å². The summed E-state index contributed by atoms with van der Waals surface area (Å²) >= 11 is 0. The lowest BCUT2D eigenvalue weighted by Gasteiger charge is -2.22. The second-order valence-electron chi connectivity index (χ2n) is 8.38. The number of hydrogen-bond donors (Lipinski definition) is 3. The smallest absolute Gasteiger partial charge is 0.229 e. The van der Waals surface area contributed by atoms with Crippen molar-refractivity contribution < 1.29 is 9.59 Å². The van der Waals surface area contributed by atoms with Crippen LogP contribution >= 0.6 is 0 Å². The highest BCUT2D eigenvalue weighted by Gasteiger charge is 2.59. The van der Waals surface area contributed by atoms with Crippen molar-refractivity contribution >= 4 is 34.2 Å². The molecule has 2 amide bonds. The second-order valence-corrected chi connectivity index (χ2v) is 8.38. The summed E-state index contributed by atoms with van der Waals surface area (Å²) in [5.74, 6) is 0.720. The molecule has 3 heterocycles. The van der Waals surface area contributed by atoms with E-state index < -0.39 is 0 Å². The number of pyridine rings is 2. The van der Waals surface area contributed by atoms with E-state index in [0.717, 1.165) is 40.4 Å². The van der Waals surface area contributed by atoms with E-state index in [2.05, 4.69) is 20.6 Å². The van der Waals surface area contributed by atoms with Crippen LogP contribution in [-0.2, 0) is 9.59 Å². The minimum absolute atomic E-state index is 0.0343. The largest absolute Gasteiger partial charge is 0.383 e. The zero-order valence-electron chi connectivity index (χ0n) is 16.7. The normalized spacial score (nSPS) is 22.7. The molecule has 1 aliphatic carbocycles. The number of aryl methyl sites for hydroxylation is 1. The van der Waals surface area contributed by atoms with E-state index in [1.54, 1.807) is 6.20 Å². The molecule has 30 heavy (non-hydrogen) atoms. The summed E-state index contributed by atoms with van der Waals surface area (Å²) in [6.45, 7) is 2.68. The molecule has 1 saturated heterocycles. The minimum atomic E-state index is -0.171. The van der Waals surface area contributed by atoms with Crippen LogP contribution in [0.25, 0.3) is 22.0 Å². The van der Waals surface area contributed by atoms with Crippen LogP contribution in [0.2, 0.25) is 0 Å². The lowest BCUT2D eigenvalue weighted by molar-refractivity contribution is -0.124. The fourth-order valence-electron chi connectivity index (χ4n) is 4.57. The molecule has 2 atom stereocenters. The molecule has 1 aliphatic heterocycles. The molecular weight excluding hydrogens is 378 g/mol. The maximum absolute atomic E-state index is 12.8. The summed E-state index contributed by atoms with van der Waals surface area (Å²) in [6.07, 6.45) is 3.68. The van der Waals surface area contributed by atoms with Crippen molar-refractivity contribution in [2.45, 2.75) is 26.2 Å². The van der Waals surface area contributed by atoms with Gasteiger partial charge in [0, 0.05) is 36.0 Å². The maximum Gasteiger partial charge on any atom is 0.229 e. The van der Waals surface area contributed by atoms with Gasteiger partial charge in [-0.15, -0.1) is 0 Å². The van der Waals surface area contributed by atoms with E-state index in [1.807, 2.05) is 43.3 Å². The number of rotatable bonds is 3. The summed E-state index contributed by atoms with van der Waals surface area (Å²) in [5.41, 5.74) is 8.93. The molecular formula is C23H23N5O2. The molecule has 3 aromatic rings. The predicted molar refractivity (Wildman–Crippen MR) is 116 cm³/mol. The number of amides is 2. The van der Waals surface area contributed by atoms with Gasteiger partial charge in [0.05, 0.1) is 5.69 Å². The van der Waals surface area contributed by atoms with Gasteiger partial charge in [-0.2, -0.15) is 0 Å². The Morgan fingerprint density at radius 1 is 1.30 bits per heavy atom. The van der Waals surface area contributed by atoms with Crippen LogP contribution in [0.5, 0.6) is 0 Å². The number of nitrogens with zero attached hydrogens (tertiary/aromatic N) is 2. The third kappa shape index (κ3) is 3.16. The number of aromatic nitrogens is 2. The Kier molecular flexibility index (Phi) is 4.20. The Morgan fingerprint density at radius 2 is 2.13 bits per heavy atom. The van der Waals surface area contributed by atoms with Crippen molar-refractivity contribution in [1.29, 1.82) is 0 Å². The van der Waals surface area contributed by atoms with Gasteiger partial charge >= 0.3 is 0 Å². The van der Waals surface area contributed by atoms with Gasteiger partial charge in [-0.05, 0) is 48.3 Å². The van der Waals surface area contributed by atoms with Crippen LogP contribution < -0.4 is 16.4 Å². The number of fused-ring (bicyclic) bond motifs is 1. The monoisotopic (exact) mass is 401 g/mol. The Balaban J connectivity index is 1.41. The highest BCUT2D eigenvalue weighted by molar-refractivity contribution is 5.99. The van der Waals surface area contributed by atoms with Gasteiger partial charge in [-0.25, -0.2) is 9.97 Å². The highest BCUT2D eigenvalue weighted by atomic mass is 16.2. The molecule has 5 rings (SSSR count). The topological polar surface area (TPSA) is 110 Å². The average Bonchev–Trinajstić information content (AvgIpc) is 3.40. The molecule has 1 spiro atoms. The molecule has 7 nitrogen and oxygen atoms in total. The Morgan fingerprint density at radius 3 is 2.93 bits per heavy atom. The molecule has 0 bridgehead atoms. The first-order chi connectivity index (χ1) is 14.4. The van der Waals surface area contributed by atoms with Crippen LogP contribution in [-0.4, -0.2) is 28.3 Å². The third-order valence-corrected chi connectivity index (χ3v) is 6.38. The van der Waals surface area contributed by atoms with Gasteiger partial charge in [-0.1, -0.05) is 24.3 Å². The fourth-order valence-corrected chi connectivity index (χ4v) is 4.57. The Labute approximate surface area is 174 Å². The number of benzene rings is 1. The molecule has 152 valence electrons. The van der Waals surface area contributed by atoms with Gasteiger partial charge in [-0.3, -0.25) is 9.59 Å². The predicted octanol–water partition coefficient (Wildman–Crippen LogP) is 3.04. The summed E-state index contributed by atoms with van der Waals surface area (Å²) in [7, 11) is 0. The summed E-state index contributed by atoms with van der Waals surface area (Å²) in [5, 5.41) is 7.38. The molecule has 2 fully saturated rings. The molecule has 0 unspecified atom stereocenters. The van der Waals surface area contributed by atoms with E-state index in [-0.39, 0.29) is 23.1 Å². The van der Waals surface area contributed by atoms with E-state index in [4.69, 9.17) is 5.73 Å². The number of hydrogen-bond acceptors (Lipinski definition) is 5. The Hall–Kier alpha value is -3.48. The Bertz CT molecular complexity index is 1190. The van der Waals surface area contributed by atoms with E-state index in [1.165, 1.54) is 0 Å². The average molecular weight is 401 g/mol. The number of nitrogen functional groups attached to an aromatic ring is 1. The number of carbonyl (C=O) groups excluding carboxylic acids is 2.